The van der Waals surface area contributed by atoms with Crippen LogP contribution in [0, 0.1) is 6.92 Å². The van der Waals surface area contributed by atoms with Crippen molar-refractivity contribution in [1.29, 1.82) is 0 Å². The topological polar surface area (TPSA) is 80.6 Å². The Kier molecular flexibility index (Phi) is 6.47. The van der Waals surface area contributed by atoms with Gasteiger partial charge in [0.15, 0.2) is 0 Å². The minimum atomic E-state index is -4.83. The van der Waals surface area contributed by atoms with Crippen LogP contribution in [-0.2, 0) is 11.2 Å². The van der Waals surface area contributed by atoms with Crippen LogP contribution in [0.25, 0.3) is 10.9 Å². The lowest BCUT2D eigenvalue weighted by atomic mass is 10.1. The predicted molar refractivity (Wildman–Crippen MR) is 113 cm³/mol. The molecule has 1 atom stereocenters. The number of benzene rings is 2. The molecule has 2 N–H and O–H groups in total. The molecular weight excluding hydrogens is 425 g/mol. The van der Waals surface area contributed by atoms with Crippen molar-refractivity contribution < 1.29 is 32.6 Å². The second kappa shape index (κ2) is 8.94. The van der Waals surface area contributed by atoms with Crippen LogP contribution >= 0.6 is 0 Å². The van der Waals surface area contributed by atoms with Gasteiger partial charge in [-0.3, -0.25) is 14.2 Å². The van der Waals surface area contributed by atoms with E-state index in [1.807, 2.05) is 13.8 Å². The fourth-order valence-electron chi connectivity index (χ4n) is 3.47. The van der Waals surface area contributed by atoms with Crippen molar-refractivity contribution in [3.63, 3.8) is 0 Å². The molecule has 9 heteroatoms. The molecule has 1 aromatic heterocycles. The van der Waals surface area contributed by atoms with Gasteiger partial charge in [-0.1, -0.05) is 6.92 Å². The number of rotatable bonds is 6. The third kappa shape index (κ3) is 5.04. The number of carbonyl (C=O) groups is 2. The van der Waals surface area contributed by atoms with Crippen LogP contribution in [-0.4, -0.2) is 33.9 Å². The lowest BCUT2D eigenvalue weighted by Crippen LogP contribution is -2.33. The van der Waals surface area contributed by atoms with E-state index in [-0.39, 0.29) is 29.7 Å². The average molecular weight is 448 g/mol. The molecule has 0 spiro atoms. The fourth-order valence-corrected chi connectivity index (χ4v) is 3.47. The molecule has 0 aliphatic rings. The zero-order valence-electron chi connectivity index (χ0n) is 17.8. The summed E-state index contributed by atoms with van der Waals surface area (Å²) in [5.74, 6) is -1.15. The SMILES string of the molecule is CC[C@H](C)NC(=O)Cc1c(C)n(C(=O)c2ccc(OC(F)(F)F)cc2)c2ccc(O)cc12. The van der Waals surface area contributed by atoms with E-state index in [0.717, 1.165) is 18.6 Å². The van der Waals surface area contributed by atoms with Gasteiger partial charge in [-0.15, -0.1) is 13.2 Å². The lowest BCUT2D eigenvalue weighted by molar-refractivity contribution is -0.274. The monoisotopic (exact) mass is 448 g/mol. The van der Waals surface area contributed by atoms with E-state index in [0.29, 0.717) is 22.2 Å². The van der Waals surface area contributed by atoms with Crippen LogP contribution in [0.15, 0.2) is 42.5 Å². The summed E-state index contributed by atoms with van der Waals surface area (Å²) < 4.78 is 42.4. The Bertz CT molecular complexity index is 1150. The molecule has 0 saturated heterocycles. The standard InChI is InChI=1S/C23H23F3N2O4/c1-4-13(2)27-21(30)12-18-14(3)28(20-10-7-16(29)11-19(18)20)22(31)15-5-8-17(9-6-15)32-23(24,25)26/h5-11,13,29H,4,12H2,1-3H3,(H,27,30)/t13-/m0/s1. The van der Waals surface area contributed by atoms with Crippen molar-refractivity contribution in [2.24, 2.45) is 0 Å². The number of phenols is 1. The summed E-state index contributed by atoms with van der Waals surface area (Å²) in [4.78, 5) is 25.7. The van der Waals surface area contributed by atoms with Crippen LogP contribution in [0.2, 0.25) is 0 Å². The van der Waals surface area contributed by atoms with Crippen molar-refractivity contribution in [2.75, 3.05) is 0 Å². The first kappa shape index (κ1) is 23.2. The first-order valence-electron chi connectivity index (χ1n) is 10.0. The smallest absolute Gasteiger partial charge is 0.508 e. The number of hydrogen-bond donors (Lipinski definition) is 2. The van der Waals surface area contributed by atoms with Crippen molar-refractivity contribution in [2.45, 2.75) is 46.0 Å². The largest absolute Gasteiger partial charge is 0.573 e. The molecule has 0 unspecified atom stereocenters. The number of ether oxygens (including phenoxy) is 1. The molecular formula is C23H23F3N2O4. The van der Waals surface area contributed by atoms with Crippen molar-refractivity contribution in [3.8, 4) is 11.5 Å². The Morgan fingerprint density at radius 2 is 1.81 bits per heavy atom. The van der Waals surface area contributed by atoms with Gasteiger partial charge in [0, 0.05) is 22.7 Å². The third-order valence-electron chi connectivity index (χ3n) is 5.21. The Morgan fingerprint density at radius 1 is 1.16 bits per heavy atom. The molecule has 0 aliphatic carbocycles. The van der Waals surface area contributed by atoms with Crippen molar-refractivity contribution in [1.82, 2.24) is 9.88 Å². The fraction of sp³-hybridized carbons (Fsp3) is 0.304. The number of phenolic OH excluding ortho intramolecular Hbond substituents is 1. The lowest BCUT2D eigenvalue weighted by Gasteiger charge is -2.12. The molecule has 3 rings (SSSR count). The van der Waals surface area contributed by atoms with Gasteiger partial charge in [-0.05, 0) is 68.3 Å². The number of nitrogens with zero attached hydrogens (tertiary/aromatic N) is 1. The second-order valence-electron chi connectivity index (χ2n) is 7.53. The highest BCUT2D eigenvalue weighted by Gasteiger charge is 2.31. The molecule has 170 valence electrons. The molecule has 3 aromatic rings. The highest BCUT2D eigenvalue weighted by atomic mass is 19.4. The Labute approximate surface area is 182 Å². The number of fused-ring (bicyclic) bond motifs is 1. The molecule has 6 nitrogen and oxygen atoms in total. The van der Waals surface area contributed by atoms with Crippen molar-refractivity contribution >= 4 is 22.7 Å². The van der Waals surface area contributed by atoms with E-state index in [4.69, 9.17) is 0 Å². The molecule has 0 saturated carbocycles. The van der Waals surface area contributed by atoms with Gasteiger partial charge in [-0.25, -0.2) is 0 Å². The number of hydrogen-bond acceptors (Lipinski definition) is 4. The van der Waals surface area contributed by atoms with E-state index in [1.54, 1.807) is 13.0 Å². The number of amides is 1. The maximum atomic E-state index is 13.2. The van der Waals surface area contributed by atoms with Gasteiger partial charge in [0.05, 0.1) is 11.9 Å². The van der Waals surface area contributed by atoms with Crippen LogP contribution in [0.3, 0.4) is 0 Å². The minimum absolute atomic E-state index is 0.00870. The highest BCUT2D eigenvalue weighted by molar-refractivity contribution is 6.05. The van der Waals surface area contributed by atoms with Gasteiger partial charge in [0.1, 0.15) is 11.5 Å². The molecule has 32 heavy (non-hydrogen) atoms. The minimum Gasteiger partial charge on any atom is -0.508 e. The van der Waals surface area contributed by atoms with E-state index in [9.17, 15) is 27.9 Å². The van der Waals surface area contributed by atoms with E-state index in [1.165, 1.54) is 28.8 Å². The van der Waals surface area contributed by atoms with Gasteiger partial charge in [0.25, 0.3) is 5.91 Å². The second-order valence-corrected chi connectivity index (χ2v) is 7.53. The number of halogens is 3. The quantitative estimate of drug-likeness (QED) is 0.573. The zero-order chi connectivity index (χ0) is 23.6. The Morgan fingerprint density at radius 3 is 2.41 bits per heavy atom. The predicted octanol–water partition coefficient (Wildman–Crippen LogP) is 4.70. The number of carbonyl (C=O) groups excluding carboxylic acids is 2. The molecule has 0 aliphatic heterocycles. The normalized spacial score (nSPS) is 12.6. The van der Waals surface area contributed by atoms with Gasteiger partial charge >= 0.3 is 6.36 Å². The van der Waals surface area contributed by atoms with Crippen LogP contribution in [0.4, 0.5) is 13.2 Å². The molecule has 2 aromatic carbocycles. The molecule has 0 bridgehead atoms. The van der Waals surface area contributed by atoms with Crippen LogP contribution in [0.5, 0.6) is 11.5 Å². The number of aromatic hydroxyl groups is 1. The maximum absolute atomic E-state index is 13.2. The average Bonchev–Trinajstić information content (AvgIpc) is 2.97. The van der Waals surface area contributed by atoms with Crippen molar-refractivity contribution in [3.05, 3.63) is 59.3 Å². The Balaban J connectivity index is 2.00. The molecule has 1 amide bonds. The summed E-state index contributed by atoms with van der Waals surface area (Å²) >= 11 is 0. The molecule has 0 radical (unpaired) electrons. The Hall–Kier alpha value is -3.49. The highest BCUT2D eigenvalue weighted by Crippen LogP contribution is 2.31. The van der Waals surface area contributed by atoms with Gasteiger partial charge in [0.2, 0.25) is 5.91 Å². The summed E-state index contributed by atoms with van der Waals surface area (Å²) in [6.45, 7) is 5.52. The first-order valence-corrected chi connectivity index (χ1v) is 10.0. The molecule has 0 fully saturated rings. The van der Waals surface area contributed by atoms with Gasteiger partial charge in [-0.2, -0.15) is 0 Å². The summed E-state index contributed by atoms with van der Waals surface area (Å²) in [7, 11) is 0. The molecule has 1 heterocycles. The summed E-state index contributed by atoms with van der Waals surface area (Å²) in [5.41, 5.74) is 1.71. The zero-order valence-corrected chi connectivity index (χ0v) is 17.8. The summed E-state index contributed by atoms with van der Waals surface area (Å²) in [6.07, 6.45) is -4.06. The third-order valence-corrected chi connectivity index (χ3v) is 5.21. The van der Waals surface area contributed by atoms with E-state index in [2.05, 4.69) is 10.1 Å². The van der Waals surface area contributed by atoms with Crippen LogP contribution < -0.4 is 10.1 Å². The first-order chi connectivity index (χ1) is 15.0. The number of alkyl halides is 3. The summed E-state index contributed by atoms with van der Waals surface area (Å²) in [5, 5.41) is 13.4. The van der Waals surface area contributed by atoms with E-state index >= 15 is 0 Å². The summed E-state index contributed by atoms with van der Waals surface area (Å²) in [6, 6.07) is 9.07. The maximum Gasteiger partial charge on any atom is 0.573 e. The van der Waals surface area contributed by atoms with Gasteiger partial charge < -0.3 is 15.2 Å². The van der Waals surface area contributed by atoms with E-state index < -0.39 is 18.0 Å². The number of nitrogens with one attached hydrogen (secondary N) is 1. The van der Waals surface area contributed by atoms with Crippen LogP contribution in [0.1, 0.15) is 41.9 Å². The number of aromatic nitrogens is 1.